The molecule has 0 atom stereocenters. The molecule has 7 heteroatoms. The molecule has 0 fully saturated rings. The van der Waals surface area contributed by atoms with Gasteiger partial charge in [-0.05, 0) is 30.7 Å². The largest absolute Gasteiger partial charge is 0.468 e. The zero-order valence-corrected chi connectivity index (χ0v) is 10.4. The Morgan fingerprint density at radius 2 is 2.12 bits per heavy atom. The third-order valence-corrected chi connectivity index (χ3v) is 3.58. The summed E-state index contributed by atoms with van der Waals surface area (Å²) in [6, 6.07) is 4.32. The van der Waals surface area contributed by atoms with Crippen LogP contribution < -0.4 is 10.5 Å². The minimum absolute atomic E-state index is 0.0631. The van der Waals surface area contributed by atoms with E-state index in [0.29, 0.717) is 11.3 Å². The highest BCUT2D eigenvalue weighted by Crippen LogP contribution is 2.16. The van der Waals surface area contributed by atoms with Gasteiger partial charge in [0.25, 0.3) is 0 Å². The van der Waals surface area contributed by atoms with Gasteiger partial charge >= 0.3 is 5.97 Å². The Hall–Kier alpha value is -1.60. The second-order valence-electron chi connectivity index (χ2n) is 3.42. The molecule has 1 rings (SSSR count). The molecule has 0 spiro atoms. The maximum Gasteiger partial charge on any atom is 0.320 e. The normalized spacial score (nSPS) is 11.2. The second kappa shape index (κ2) is 5.15. The van der Waals surface area contributed by atoms with Gasteiger partial charge in [0.15, 0.2) is 0 Å². The van der Waals surface area contributed by atoms with Crippen molar-refractivity contribution in [3.05, 3.63) is 23.8 Å². The number of aryl methyl sites for hydroxylation is 1. The van der Waals surface area contributed by atoms with E-state index >= 15 is 0 Å². The van der Waals surface area contributed by atoms with Crippen LogP contribution in [0.25, 0.3) is 0 Å². The van der Waals surface area contributed by atoms with Crippen LogP contribution in [0.4, 0.5) is 5.69 Å². The van der Waals surface area contributed by atoms with Crippen molar-refractivity contribution < 1.29 is 17.9 Å². The molecule has 0 amide bonds. The number of carbonyl (C=O) groups is 1. The SMILES string of the molecule is COC(=O)CNS(=O)(=O)c1ccc(N)c(C)c1. The Morgan fingerprint density at radius 1 is 1.47 bits per heavy atom. The summed E-state index contributed by atoms with van der Waals surface area (Å²) in [5, 5.41) is 0. The lowest BCUT2D eigenvalue weighted by molar-refractivity contribution is -0.139. The van der Waals surface area contributed by atoms with Gasteiger partial charge in [0.2, 0.25) is 10.0 Å². The van der Waals surface area contributed by atoms with Crippen LogP contribution >= 0.6 is 0 Å². The zero-order chi connectivity index (χ0) is 13.1. The summed E-state index contributed by atoms with van der Waals surface area (Å²) in [4.78, 5) is 10.9. The molecule has 1 aromatic rings. The molecular weight excluding hydrogens is 244 g/mol. The van der Waals surface area contributed by atoms with Gasteiger partial charge in [-0.1, -0.05) is 0 Å². The number of nitrogens with one attached hydrogen (secondary N) is 1. The Morgan fingerprint density at radius 3 is 2.65 bits per heavy atom. The predicted octanol–water partition coefficient (Wildman–Crippen LogP) is 0.0285. The fourth-order valence-corrected chi connectivity index (χ4v) is 2.18. The molecule has 0 radical (unpaired) electrons. The maximum absolute atomic E-state index is 11.8. The molecule has 0 saturated carbocycles. The van der Waals surface area contributed by atoms with E-state index in [1.807, 2.05) is 0 Å². The molecule has 0 bridgehead atoms. The highest BCUT2D eigenvalue weighted by Gasteiger charge is 2.16. The molecule has 6 nitrogen and oxygen atoms in total. The number of ether oxygens (including phenoxy) is 1. The van der Waals surface area contributed by atoms with Gasteiger partial charge in [-0.15, -0.1) is 0 Å². The third kappa shape index (κ3) is 3.43. The number of sulfonamides is 1. The number of hydrogen-bond acceptors (Lipinski definition) is 5. The number of nitrogens with two attached hydrogens (primary N) is 1. The minimum Gasteiger partial charge on any atom is -0.468 e. The van der Waals surface area contributed by atoms with Crippen molar-refractivity contribution in [2.24, 2.45) is 0 Å². The number of rotatable bonds is 4. The van der Waals surface area contributed by atoms with Crippen molar-refractivity contribution in [1.82, 2.24) is 4.72 Å². The van der Waals surface area contributed by atoms with E-state index in [1.165, 1.54) is 25.3 Å². The van der Waals surface area contributed by atoms with Crippen molar-refractivity contribution >= 4 is 21.7 Å². The summed E-state index contributed by atoms with van der Waals surface area (Å²) in [7, 11) is -2.53. The van der Waals surface area contributed by atoms with Crippen LogP contribution in [0, 0.1) is 6.92 Å². The Bertz CT molecular complexity index is 525. The number of carbonyl (C=O) groups excluding carboxylic acids is 1. The number of anilines is 1. The van der Waals surface area contributed by atoms with Crippen molar-refractivity contribution in [2.75, 3.05) is 19.4 Å². The van der Waals surface area contributed by atoms with E-state index in [-0.39, 0.29) is 4.90 Å². The van der Waals surface area contributed by atoms with Crippen LogP contribution in [0.2, 0.25) is 0 Å². The molecule has 0 aromatic heterocycles. The number of benzene rings is 1. The molecule has 3 N–H and O–H groups in total. The lowest BCUT2D eigenvalue weighted by atomic mass is 10.2. The molecule has 1 aromatic carbocycles. The monoisotopic (exact) mass is 258 g/mol. The molecule has 0 aliphatic carbocycles. The summed E-state index contributed by atoms with van der Waals surface area (Å²) < 4.78 is 30.0. The first kappa shape index (κ1) is 13.5. The highest BCUT2D eigenvalue weighted by molar-refractivity contribution is 7.89. The van der Waals surface area contributed by atoms with Crippen molar-refractivity contribution in [2.45, 2.75) is 11.8 Å². The molecule has 0 saturated heterocycles. The van der Waals surface area contributed by atoms with Gasteiger partial charge < -0.3 is 10.5 Å². The number of nitrogen functional groups attached to an aromatic ring is 1. The standard InChI is InChI=1S/C10H14N2O4S/c1-7-5-8(3-4-9(7)11)17(14,15)12-6-10(13)16-2/h3-5,12H,6,11H2,1-2H3. The molecule has 0 heterocycles. The van der Waals surface area contributed by atoms with E-state index in [0.717, 1.165) is 0 Å². The van der Waals surface area contributed by atoms with E-state index in [2.05, 4.69) is 9.46 Å². The van der Waals surface area contributed by atoms with Crippen LogP contribution in [-0.2, 0) is 19.6 Å². The molecule has 17 heavy (non-hydrogen) atoms. The van der Waals surface area contributed by atoms with Crippen molar-refractivity contribution in [1.29, 1.82) is 0 Å². The summed E-state index contributed by atoms with van der Waals surface area (Å²) >= 11 is 0. The predicted molar refractivity (Wildman–Crippen MR) is 62.8 cm³/mol. The summed E-state index contributed by atoms with van der Waals surface area (Å²) in [5.74, 6) is -0.652. The summed E-state index contributed by atoms with van der Waals surface area (Å²) in [6.07, 6.45) is 0. The molecule has 0 unspecified atom stereocenters. The summed E-state index contributed by atoms with van der Waals surface area (Å²) in [5.41, 5.74) is 6.76. The van der Waals surface area contributed by atoms with Crippen LogP contribution in [0.1, 0.15) is 5.56 Å². The fourth-order valence-electron chi connectivity index (χ4n) is 1.12. The first-order valence-corrected chi connectivity index (χ1v) is 6.28. The van der Waals surface area contributed by atoms with Gasteiger partial charge in [-0.25, -0.2) is 8.42 Å². The minimum atomic E-state index is -3.71. The lowest BCUT2D eigenvalue weighted by Crippen LogP contribution is -2.30. The van der Waals surface area contributed by atoms with E-state index < -0.39 is 22.5 Å². The highest BCUT2D eigenvalue weighted by atomic mass is 32.2. The van der Waals surface area contributed by atoms with Crippen LogP contribution in [0.3, 0.4) is 0 Å². The van der Waals surface area contributed by atoms with E-state index in [1.54, 1.807) is 6.92 Å². The number of methoxy groups -OCH3 is 1. The quantitative estimate of drug-likeness (QED) is 0.586. The number of esters is 1. The zero-order valence-electron chi connectivity index (χ0n) is 9.56. The van der Waals surface area contributed by atoms with Gasteiger partial charge in [-0.3, -0.25) is 4.79 Å². The van der Waals surface area contributed by atoms with Crippen LogP contribution in [0.15, 0.2) is 23.1 Å². The van der Waals surface area contributed by atoms with E-state index in [9.17, 15) is 13.2 Å². The smallest absolute Gasteiger partial charge is 0.320 e. The average Bonchev–Trinajstić information content (AvgIpc) is 2.29. The average molecular weight is 258 g/mol. The molecular formula is C10H14N2O4S. The van der Waals surface area contributed by atoms with Gasteiger partial charge in [0, 0.05) is 5.69 Å². The van der Waals surface area contributed by atoms with Crippen molar-refractivity contribution in [3.8, 4) is 0 Å². The third-order valence-electron chi connectivity index (χ3n) is 2.19. The Balaban J connectivity index is 2.90. The molecule has 0 aliphatic rings. The number of hydrogen-bond donors (Lipinski definition) is 2. The second-order valence-corrected chi connectivity index (χ2v) is 5.19. The van der Waals surface area contributed by atoms with E-state index in [4.69, 9.17) is 5.73 Å². The fraction of sp³-hybridized carbons (Fsp3) is 0.300. The molecule has 0 aliphatic heterocycles. The first-order chi connectivity index (χ1) is 7.86. The van der Waals surface area contributed by atoms with Crippen LogP contribution in [-0.4, -0.2) is 28.0 Å². The summed E-state index contributed by atoms with van der Waals surface area (Å²) in [6.45, 7) is 1.30. The Kier molecular flexibility index (Phi) is 4.08. The van der Waals surface area contributed by atoms with Gasteiger partial charge in [-0.2, -0.15) is 4.72 Å². The lowest BCUT2D eigenvalue weighted by Gasteiger charge is -2.07. The molecule has 94 valence electrons. The maximum atomic E-state index is 11.8. The van der Waals surface area contributed by atoms with Crippen molar-refractivity contribution in [3.63, 3.8) is 0 Å². The topological polar surface area (TPSA) is 98.5 Å². The van der Waals surface area contributed by atoms with Crippen LogP contribution in [0.5, 0.6) is 0 Å². The first-order valence-electron chi connectivity index (χ1n) is 4.79. The van der Waals surface area contributed by atoms with Gasteiger partial charge in [0.05, 0.1) is 12.0 Å². The van der Waals surface area contributed by atoms with Gasteiger partial charge in [0.1, 0.15) is 6.54 Å². The Labute approximate surface area is 99.8 Å².